The second kappa shape index (κ2) is 3.77. The molecule has 84 valence electrons. The molecule has 0 spiro atoms. The minimum Gasteiger partial charge on any atom is -0.469 e. The molecule has 2 aromatic heterocycles. The van der Waals surface area contributed by atoms with Crippen molar-refractivity contribution in [1.82, 2.24) is 14.8 Å². The summed E-state index contributed by atoms with van der Waals surface area (Å²) >= 11 is 0. The van der Waals surface area contributed by atoms with E-state index in [0.29, 0.717) is 0 Å². The van der Waals surface area contributed by atoms with E-state index in [1.54, 1.807) is 6.26 Å². The molecule has 0 fully saturated rings. The van der Waals surface area contributed by atoms with E-state index in [1.165, 1.54) is 6.42 Å². The average Bonchev–Trinajstić information content (AvgIpc) is 2.90. The normalized spacial score (nSPS) is 19.7. The molecule has 0 bridgehead atoms. The summed E-state index contributed by atoms with van der Waals surface area (Å²) in [5.41, 5.74) is 0. The molecule has 0 amide bonds. The van der Waals surface area contributed by atoms with Gasteiger partial charge >= 0.3 is 0 Å². The first-order valence-electron chi connectivity index (χ1n) is 5.76. The van der Waals surface area contributed by atoms with Gasteiger partial charge in [0.1, 0.15) is 17.4 Å². The van der Waals surface area contributed by atoms with E-state index in [4.69, 9.17) is 4.42 Å². The number of rotatable bonds is 2. The Balaban J connectivity index is 1.88. The fourth-order valence-corrected chi connectivity index (χ4v) is 2.25. The molecule has 1 atom stereocenters. The van der Waals surface area contributed by atoms with Crippen LogP contribution in [0.5, 0.6) is 0 Å². The Morgan fingerprint density at radius 3 is 3.25 bits per heavy atom. The molecule has 0 saturated heterocycles. The quantitative estimate of drug-likeness (QED) is 0.773. The summed E-state index contributed by atoms with van der Waals surface area (Å²) in [6.07, 6.45) is 4.71. The number of fused-ring (bicyclic) bond motifs is 1. The van der Waals surface area contributed by atoms with Crippen LogP contribution in [-0.2, 0) is 19.4 Å². The fraction of sp³-hybridized carbons (Fsp3) is 0.500. The molecule has 0 aliphatic carbocycles. The van der Waals surface area contributed by atoms with Gasteiger partial charge in [-0.05, 0) is 24.5 Å². The minimum atomic E-state index is 0.721. The van der Waals surface area contributed by atoms with Crippen LogP contribution in [0.25, 0.3) is 0 Å². The molecular formula is C12H15N3O. The number of hydrogen-bond donors (Lipinski definition) is 0. The molecule has 1 aliphatic heterocycles. The molecule has 1 unspecified atom stereocenters. The number of aryl methyl sites for hydroxylation is 1. The molecule has 4 nitrogen and oxygen atoms in total. The van der Waals surface area contributed by atoms with Gasteiger partial charge in [0, 0.05) is 13.0 Å². The maximum Gasteiger partial charge on any atom is 0.140 e. The average molecular weight is 217 g/mol. The summed E-state index contributed by atoms with van der Waals surface area (Å²) in [6, 6.07) is 3.89. The van der Waals surface area contributed by atoms with Crippen LogP contribution in [0.15, 0.2) is 22.8 Å². The standard InChI is InChI=1S/C12H15N3O/c1-9-4-5-11-13-14-12(15(11)8-9)7-10-3-2-6-16-10/h2-3,6,9H,4-5,7-8H2,1H3. The number of nitrogens with zero attached hydrogens (tertiary/aromatic N) is 3. The van der Waals surface area contributed by atoms with E-state index in [0.717, 1.165) is 42.7 Å². The lowest BCUT2D eigenvalue weighted by molar-refractivity contribution is 0.385. The van der Waals surface area contributed by atoms with Crippen LogP contribution < -0.4 is 0 Å². The minimum absolute atomic E-state index is 0.721. The fourth-order valence-electron chi connectivity index (χ4n) is 2.25. The van der Waals surface area contributed by atoms with Crippen molar-refractivity contribution in [2.24, 2.45) is 5.92 Å². The monoisotopic (exact) mass is 217 g/mol. The summed E-state index contributed by atoms with van der Waals surface area (Å²) in [7, 11) is 0. The van der Waals surface area contributed by atoms with Crippen LogP contribution in [0.4, 0.5) is 0 Å². The van der Waals surface area contributed by atoms with Gasteiger partial charge in [0.05, 0.1) is 12.7 Å². The predicted octanol–water partition coefficient (Wildman–Crippen LogP) is 2.04. The van der Waals surface area contributed by atoms with Gasteiger partial charge in [0.2, 0.25) is 0 Å². The first-order valence-corrected chi connectivity index (χ1v) is 5.76. The Bertz CT molecular complexity index is 472. The van der Waals surface area contributed by atoms with Gasteiger partial charge in [-0.2, -0.15) is 0 Å². The van der Waals surface area contributed by atoms with E-state index >= 15 is 0 Å². The zero-order valence-electron chi connectivity index (χ0n) is 9.39. The molecule has 3 rings (SSSR count). The number of hydrogen-bond acceptors (Lipinski definition) is 3. The lowest BCUT2D eigenvalue weighted by atomic mass is 10.0. The van der Waals surface area contributed by atoms with E-state index in [1.807, 2.05) is 12.1 Å². The van der Waals surface area contributed by atoms with Crippen molar-refractivity contribution in [3.63, 3.8) is 0 Å². The molecule has 0 radical (unpaired) electrons. The Morgan fingerprint density at radius 2 is 2.44 bits per heavy atom. The zero-order chi connectivity index (χ0) is 11.0. The Kier molecular flexibility index (Phi) is 2.27. The Labute approximate surface area is 94.3 Å². The first-order chi connectivity index (χ1) is 7.83. The Hall–Kier alpha value is -1.58. The van der Waals surface area contributed by atoms with Crippen LogP contribution in [0.2, 0.25) is 0 Å². The van der Waals surface area contributed by atoms with Crippen molar-refractivity contribution < 1.29 is 4.42 Å². The summed E-state index contributed by atoms with van der Waals surface area (Å²) in [6.45, 7) is 3.32. The van der Waals surface area contributed by atoms with Gasteiger partial charge in [0.15, 0.2) is 0 Å². The van der Waals surface area contributed by atoms with Crippen LogP contribution in [0, 0.1) is 5.92 Å². The summed E-state index contributed by atoms with van der Waals surface area (Å²) in [4.78, 5) is 0. The zero-order valence-corrected chi connectivity index (χ0v) is 9.39. The number of aromatic nitrogens is 3. The highest BCUT2D eigenvalue weighted by Gasteiger charge is 2.20. The summed E-state index contributed by atoms with van der Waals surface area (Å²) in [5.74, 6) is 3.82. The van der Waals surface area contributed by atoms with Crippen molar-refractivity contribution in [1.29, 1.82) is 0 Å². The van der Waals surface area contributed by atoms with Crippen LogP contribution >= 0.6 is 0 Å². The number of furan rings is 1. The highest BCUT2D eigenvalue weighted by atomic mass is 16.3. The highest BCUT2D eigenvalue weighted by Crippen LogP contribution is 2.20. The highest BCUT2D eigenvalue weighted by molar-refractivity contribution is 5.09. The maximum atomic E-state index is 5.34. The van der Waals surface area contributed by atoms with E-state index in [-0.39, 0.29) is 0 Å². The third-order valence-electron chi connectivity index (χ3n) is 3.17. The van der Waals surface area contributed by atoms with Gasteiger partial charge in [-0.15, -0.1) is 10.2 Å². The molecule has 3 heterocycles. The van der Waals surface area contributed by atoms with Gasteiger partial charge in [-0.25, -0.2) is 0 Å². The van der Waals surface area contributed by atoms with E-state index in [9.17, 15) is 0 Å². The van der Waals surface area contributed by atoms with Crippen molar-refractivity contribution in [3.8, 4) is 0 Å². The van der Waals surface area contributed by atoms with Crippen molar-refractivity contribution in [2.75, 3.05) is 0 Å². The van der Waals surface area contributed by atoms with Gasteiger partial charge < -0.3 is 8.98 Å². The van der Waals surface area contributed by atoms with Gasteiger partial charge in [-0.3, -0.25) is 0 Å². The smallest absolute Gasteiger partial charge is 0.140 e. The second-order valence-electron chi connectivity index (χ2n) is 4.54. The third kappa shape index (κ3) is 1.64. The van der Waals surface area contributed by atoms with Crippen LogP contribution in [0.1, 0.15) is 30.8 Å². The largest absolute Gasteiger partial charge is 0.469 e. The SMILES string of the molecule is CC1CCc2nnc(Cc3ccco3)n2C1. The lowest BCUT2D eigenvalue weighted by Gasteiger charge is -2.20. The molecule has 2 aromatic rings. The maximum absolute atomic E-state index is 5.34. The Morgan fingerprint density at radius 1 is 1.50 bits per heavy atom. The summed E-state index contributed by atoms with van der Waals surface area (Å²) in [5, 5.41) is 8.50. The molecule has 1 aliphatic rings. The molecule has 0 aromatic carbocycles. The molecule has 16 heavy (non-hydrogen) atoms. The second-order valence-corrected chi connectivity index (χ2v) is 4.54. The topological polar surface area (TPSA) is 43.9 Å². The van der Waals surface area contributed by atoms with Crippen LogP contribution in [-0.4, -0.2) is 14.8 Å². The van der Waals surface area contributed by atoms with E-state index < -0.39 is 0 Å². The van der Waals surface area contributed by atoms with Crippen LogP contribution in [0.3, 0.4) is 0 Å². The van der Waals surface area contributed by atoms with Crippen molar-refractivity contribution in [3.05, 3.63) is 35.8 Å². The molecule has 4 heteroatoms. The summed E-state index contributed by atoms with van der Waals surface area (Å²) < 4.78 is 7.59. The van der Waals surface area contributed by atoms with E-state index in [2.05, 4.69) is 21.7 Å². The van der Waals surface area contributed by atoms with Gasteiger partial charge in [-0.1, -0.05) is 6.92 Å². The molecule has 0 saturated carbocycles. The van der Waals surface area contributed by atoms with Gasteiger partial charge in [0.25, 0.3) is 0 Å². The van der Waals surface area contributed by atoms with Crippen molar-refractivity contribution in [2.45, 2.75) is 32.7 Å². The molecule has 0 N–H and O–H groups in total. The molecular weight excluding hydrogens is 202 g/mol. The first kappa shape index (κ1) is 9.63. The third-order valence-corrected chi connectivity index (χ3v) is 3.17. The van der Waals surface area contributed by atoms with Crippen molar-refractivity contribution >= 4 is 0 Å². The predicted molar refractivity (Wildman–Crippen MR) is 59.0 cm³/mol. The lowest BCUT2D eigenvalue weighted by Crippen LogP contribution is -2.20.